The maximum Gasteiger partial charge on any atom is 0.244 e. The van der Waals surface area contributed by atoms with Crippen molar-refractivity contribution >= 4 is 27.7 Å². The second-order valence-corrected chi connectivity index (χ2v) is 8.87. The van der Waals surface area contributed by atoms with E-state index in [0.717, 1.165) is 5.56 Å². The number of carbonyl (C=O) groups is 1. The average Bonchev–Trinajstić information content (AvgIpc) is 2.69. The molecule has 0 aliphatic carbocycles. The molecule has 1 heterocycles. The number of carbonyl (C=O) groups excluding carboxylic acids is 1. The summed E-state index contributed by atoms with van der Waals surface area (Å²) in [6.07, 6.45) is 1.94. The first-order valence-corrected chi connectivity index (χ1v) is 11.4. The summed E-state index contributed by atoms with van der Waals surface area (Å²) in [6, 6.07) is 9.27. The Labute approximate surface area is 169 Å². The third-order valence-corrected chi connectivity index (χ3v) is 7.03. The van der Waals surface area contributed by atoms with Gasteiger partial charge in [0.25, 0.3) is 0 Å². The van der Waals surface area contributed by atoms with Crippen molar-refractivity contribution in [2.45, 2.75) is 30.2 Å². The number of halogens is 1. The van der Waals surface area contributed by atoms with Crippen LogP contribution < -0.4 is 5.32 Å². The van der Waals surface area contributed by atoms with Gasteiger partial charge in [0.05, 0.1) is 10.8 Å². The molecule has 1 aromatic heterocycles. The standard InChI is InChI=1S/C19H24FN3O3S2/c1-3-23(4-2)28(25,26)17-9-10-19(22-13-17)27-14-18(24)21-12-11-15-5-7-16(20)8-6-15/h5-10,13H,3-4,11-12,14H2,1-2H3,(H,21,24). The normalized spacial score (nSPS) is 11.6. The number of sulfonamides is 1. The summed E-state index contributed by atoms with van der Waals surface area (Å²) in [4.78, 5) is 16.2. The zero-order chi connectivity index (χ0) is 20.6. The summed E-state index contributed by atoms with van der Waals surface area (Å²) < 4.78 is 39.1. The predicted octanol–water partition coefficient (Wildman–Crippen LogP) is 2.70. The summed E-state index contributed by atoms with van der Waals surface area (Å²) >= 11 is 1.23. The van der Waals surface area contributed by atoms with Crippen LogP contribution in [0.15, 0.2) is 52.5 Å². The Balaban J connectivity index is 1.80. The molecule has 0 saturated carbocycles. The Morgan fingerprint density at radius 3 is 2.39 bits per heavy atom. The van der Waals surface area contributed by atoms with Crippen molar-refractivity contribution in [2.24, 2.45) is 0 Å². The van der Waals surface area contributed by atoms with E-state index in [2.05, 4.69) is 10.3 Å². The van der Waals surface area contributed by atoms with Gasteiger partial charge in [0, 0.05) is 25.8 Å². The maximum atomic E-state index is 12.9. The van der Waals surface area contributed by atoms with Gasteiger partial charge in [0.1, 0.15) is 10.7 Å². The fourth-order valence-corrected chi connectivity index (χ4v) is 4.58. The molecule has 0 spiro atoms. The molecule has 2 aromatic rings. The zero-order valence-corrected chi connectivity index (χ0v) is 17.5. The quantitative estimate of drug-likeness (QED) is 0.592. The van der Waals surface area contributed by atoms with Crippen molar-refractivity contribution in [2.75, 3.05) is 25.4 Å². The molecule has 28 heavy (non-hydrogen) atoms. The van der Waals surface area contributed by atoms with E-state index in [1.165, 1.54) is 40.5 Å². The number of pyridine rings is 1. The fraction of sp³-hybridized carbons (Fsp3) is 0.368. The molecule has 0 aliphatic rings. The molecule has 1 aromatic carbocycles. The second kappa shape index (κ2) is 10.5. The maximum absolute atomic E-state index is 12.9. The van der Waals surface area contributed by atoms with Crippen molar-refractivity contribution in [1.82, 2.24) is 14.6 Å². The Morgan fingerprint density at radius 1 is 1.14 bits per heavy atom. The number of rotatable bonds is 10. The highest BCUT2D eigenvalue weighted by molar-refractivity contribution is 7.99. The fourth-order valence-electron chi connectivity index (χ4n) is 2.51. The summed E-state index contributed by atoms with van der Waals surface area (Å²) in [7, 11) is -3.53. The van der Waals surface area contributed by atoms with E-state index in [4.69, 9.17) is 0 Å². The Bertz CT molecular complexity index is 868. The minimum atomic E-state index is -3.53. The monoisotopic (exact) mass is 425 g/mol. The van der Waals surface area contributed by atoms with Gasteiger partial charge in [-0.2, -0.15) is 4.31 Å². The van der Waals surface area contributed by atoms with Crippen LogP contribution in [0.4, 0.5) is 4.39 Å². The minimum Gasteiger partial charge on any atom is -0.355 e. The van der Waals surface area contributed by atoms with E-state index in [1.807, 2.05) is 0 Å². The summed E-state index contributed by atoms with van der Waals surface area (Å²) in [5.41, 5.74) is 0.945. The molecule has 0 saturated heterocycles. The molecule has 0 bridgehead atoms. The van der Waals surface area contributed by atoms with Crippen molar-refractivity contribution in [3.63, 3.8) is 0 Å². The van der Waals surface area contributed by atoms with E-state index in [9.17, 15) is 17.6 Å². The topological polar surface area (TPSA) is 79.4 Å². The van der Waals surface area contributed by atoms with Gasteiger partial charge in [-0.1, -0.05) is 37.7 Å². The summed E-state index contributed by atoms with van der Waals surface area (Å²) in [6.45, 7) is 4.82. The first kappa shape index (κ1) is 22.3. The van der Waals surface area contributed by atoms with Gasteiger partial charge < -0.3 is 5.32 Å². The van der Waals surface area contributed by atoms with Crippen LogP contribution >= 0.6 is 11.8 Å². The molecule has 0 atom stereocenters. The van der Waals surface area contributed by atoms with Crippen LogP contribution in [0.2, 0.25) is 0 Å². The van der Waals surface area contributed by atoms with Crippen molar-refractivity contribution in [1.29, 1.82) is 0 Å². The van der Waals surface area contributed by atoms with E-state index in [1.54, 1.807) is 32.0 Å². The van der Waals surface area contributed by atoms with E-state index in [0.29, 0.717) is 31.1 Å². The van der Waals surface area contributed by atoms with Crippen LogP contribution in [-0.2, 0) is 21.2 Å². The van der Waals surface area contributed by atoms with Gasteiger partial charge in [0.2, 0.25) is 15.9 Å². The Morgan fingerprint density at radius 2 is 1.82 bits per heavy atom. The molecule has 0 radical (unpaired) electrons. The van der Waals surface area contributed by atoms with E-state index >= 15 is 0 Å². The molecule has 0 fully saturated rings. The smallest absolute Gasteiger partial charge is 0.244 e. The van der Waals surface area contributed by atoms with Crippen LogP contribution in [0.25, 0.3) is 0 Å². The van der Waals surface area contributed by atoms with Crippen LogP contribution in [0, 0.1) is 5.82 Å². The van der Waals surface area contributed by atoms with Crippen molar-refractivity contribution in [3.8, 4) is 0 Å². The third kappa shape index (κ3) is 6.29. The SMILES string of the molecule is CCN(CC)S(=O)(=O)c1ccc(SCC(=O)NCCc2ccc(F)cc2)nc1. The number of aromatic nitrogens is 1. The minimum absolute atomic E-state index is 0.143. The number of nitrogens with one attached hydrogen (secondary N) is 1. The van der Waals surface area contributed by atoms with Crippen molar-refractivity contribution < 1.29 is 17.6 Å². The zero-order valence-electron chi connectivity index (χ0n) is 15.9. The highest BCUT2D eigenvalue weighted by Crippen LogP contribution is 2.19. The van der Waals surface area contributed by atoms with Crippen LogP contribution in [0.1, 0.15) is 19.4 Å². The van der Waals surface area contributed by atoms with Gasteiger partial charge in [-0.3, -0.25) is 4.79 Å². The lowest BCUT2D eigenvalue weighted by atomic mass is 10.1. The number of amides is 1. The summed E-state index contributed by atoms with van der Waals surface area (Å²) in [5, 5.41) is 3.37. The number of thioether (sulfide) groups is 1. The molecular weight excluding hydrogens is 401 g/mol. The number of nitrogens with zero attached hydrogens (tertiary/aromatic N) is 2. The van der Waals surface area contributed by atoms with Gasteiger partial charge in [-0.15, -0.1) is 0 Å². The lowest BCUT2D eigenvalue weighted by Gasteiger charge is -2.18. The second-order valence-electron chi connectivity index (χ2n) is 5.94. The molecule has 9 heteroatoms. The lowest BCUT2D eigenvalue weighted by molar-refractivity contribution is -0.118. The molecular formula is C19H24FN3O3S2. The number of hydrogen-bond acceptors (Lipinski definition) is 5. The molecule has 6 nitrogen and oxygen atoms in total. The molecule has 1 amide bonds. The molecule has 0 unspecified atom stereocenters. The molecule has 2 rings (SSSR count). The van der Waals surface area contributed by atoms with Gasteiger partial charge in [-0.05, 0) is 36.2 Å². The van der Waals surface area contributed by atoms with Crippen LogP contribution in [0.3, 0.4) is 0 Å². The number of hydrogen-bond donors (Lipinski definition) is 1. The van der Waals surface area contributed by atoms with Crippen LogP contribution in [0.5, 0.6) is 0 Å². The Kier molecular flexibility index (Phi) is 8.40. The first-order chi connectivity index (χ1) is 13.4. The Hall–Kier alpha value is -1.97. The average molecular weight is 426 g/mol. The largest absolute Gasteiger partial charge is 0.355 e. The molecule has 152 valence electrons. The highest BCUT2D eigenvalue weighted by atomic mass is 32.2. The van der Waals surface area contributed by atoms with E-state index in [-0.39, 0.29) is 22.4 Å². The third-order valence-electron chi connectivity index (χ3n) is 4.05. The number of benzene rings is 1. The highest BCUT2D eigenvalue weighted by Gasteiger charge is 2.21. The predicted molar refractivity (Wildman–Crippen MR) is 108 cm³/mol. The first-order valence-electron chi connectivity index (χ1n) is 8.97. The molecule has 1 N–H and O–H groups in total. The van der Waals surface area contributed by atoms with Crippen LogP contribution in [-0.4, -0.2) is 49.0 Å². The van der Waals surface area contributed by atoms with Gasteiger partial charge in [-0.25, -0.2) is 17.8 Å². The summed E-state index contributed by atoms with van der Waals surface area (Å²) in [5.74, 6) is -0.250. The van der Waals surface area contributed by atoms with Gasteiger partial charge in [0.15, 0.2) is 0 Å². The lowest BCUT2D eigenvalue weighted by Crippen LogP contribution is -2.30. The van der Waals surface area contributed by atoms with E-state index < -0.39 is 10.0 Å². The van der Waals surface area contributed by atoms with Gasteiger partial charge >= 0.3 is 0 Å². The molecule has 0 aliphatic heterocycles. The van der Waals surface area contributed by atoms with Crippen molar-refractivity contribution in [3.05, 3.63) is 54.0 Å².